The Balaban J connectivity index is 1.21. The third-order valence-electron chi connectivity index (χ3n) is 5.65. The van der Waals surface area contributed by atoms with Crippen LogP contribution in [0.3, 0.4) is 0 Å². The molecule has 8 heteroatoms. The Kier molecular flexibility index (Phi) is 6.40. The van der Waals surface area contributed by atoms with Crippen molar-refractivity contribution in [1.82, 2.24) is 4.98 Å². The standard InChI is InChI=1S/C28H22N4O4/c33-26(18-11-13-29-14-12-18)30-22-8-4-9-23(17-22)31-27(34)20-6-3-7-21(15-20)32-28(35)25-16-19-5-1-2-10-24(19)36-25/h1-15,17,25H,16H2,(H,30,33)(H,31,34)(H,32,35). The molecule has 3 N–H and O–H groups in total. The molecule has 0 spiro atoms. The fourth-order valence-electron chi connectivity index (χ4n) is 3.87. The molecule has 3 amide bonds. The SMILES string of the molecule is O=C(Nc1cccc(NC(=O)c2cccc(NC(=O)C3Cc4ccccc4O3)c2)c1)c1ccncc1. The van der Waals surface area contributed by atoms with Crippen LogP contribution >= 0.6 is 0 Å². The van der Waals surface area contributed by atoms with Crippen LogP contribution in [0.25, 0.3) is 0 Å². The Labute approximate surface area is 207 Å². The summed E-state index contributed by atoms with van der Waals surface area (Å²) < 4.78 is 5.74. The van der Waals surface area contributed by atoms with E-state index in [9.17, 15) is 14.4 Å². The Morgan fingerprint density at radius 1 is 0.694 bits per heavy atom. The molecule has 0 aliphatic carbocycles. The molecule has 1 atom stereocenters. The number of fused-ring (bicyclic) bond motifs is 1. The summed E-state index contributed by atoms with van der Waals surface area (Å²) in [5.74, 6) is -0.196. The number of nitrogens with one attached hydrogen (secondary N) is 3. The van der Waals surface area contributed by atoms with Crippen LogP contribution in [-0.2, 0) is 11.2 Å². The summed E-state index contributed by atoms with van der Waals surface area (Å²) in [4.78, 5) is 41.9. The maximum absolute atomic E-state index is 12.9. The molecule has 8 nitrogen and oxygen atoms in total. The number of hydrogen-bond donors (Lipinski definition) is 3. The average molecular weight is 479 g/mol. The first-order chi connectivity index (χ1) is 17.5. The van der Waals surface area contributed by atoms with Crippen LogP contribution in [0.15, 0.2) is 97.3 Å². The van der Waals surface area contributed by atoms with Crippen molar-refractivity contribution >= 4 is 34.8 Å². The molecular formula is C28H22N4O4. The minimum absolute atomic E-state index is 0.276. The zero-order valence-electron chi connectivity index (χ0n) is 19.1. The number of hydrogen-bond acceptors (Lipinski definition) is 5. The van der Waals surface area contributed by atoms with Crippen molar-refractivity contribution in [3.8, 4) is 5.75 Å². The van der Waals surface area contributed by atoms with Crippen molar-refractivity contribution in [2.75, 3.05) is 16.0 Å². The maximum Gasteiger partial charge on any atom is 0.265 e. The van der Waals surface area contributed by atoms with Crippen molar-refractivity contribution in [2.24, 2.45) is 0 Å². The third kappa shape index (κ3) is 5.23. The van der Waals surface area contributed by atoms with Gasteiger partial charge in [0.15, 0.2) is 6.10 Å². The Bertz CT molecular complexity index is 1410. The Hall–Kier alpha value is -4.98. The topological polar surface area (TPSA) is 109 Å². The summed E-state index contributed by atoms with van der Waals surface area (Å²) in [6, 6.07) is 24.3. The second-order valence-corrected chi connectivity index (χ2v) is 8.21. The molecular weight excluding hydrogens is 456 g/mol. The number of anilines is 3. The number of para-hydroxylation sites is 1. The quantitative estimate of drug-likeness (QED) is 0.377. The van der Waals surface area contributed by atoms with Crippen molar-refractivity contribution < 1.29 is 19.1 Å². The number of aromatic nitrogens is 1. The van der Waals surface area contributed by atoms with Gasteiger partial charge in [0.25, 0.3) is 17.7 Å². The predicted octanol–water partition coefficient (Wildman–Crippen LogP) is 4.53. The lowest BCUT2D eigenvalue weighted by molar-refractivity contribution is -0.122. The molecule has 1 aliphatic rings. The molecule has 1 aliphatic heterocycles. The fraction of sp³-hybridized carbons (Fsp3) is 0.0714. The van der Waals surface area contributed by atoms with E-state index in [4.69, 9.17) is 4.74 Å². The number of carbonyl (C=O) groups is 3. The van der Waals surface area contributed by atoms with Crippen molar-refractivity contribution in [1.29, 1.82) is 0 Å². The average Bonchev–Trinajstić information content (AvgIpc) is 3.34. The molecule has 0 saturated heterocycles. The van der Waals surface area contributed by atoms with Crippen molar-refractivity contribution in [3.05, 3.63) is 114 Å². The minimum Gasteiger partial charge on any atom is -0.480 e. The number of carbonyl (C=O) groups excluding carboxylic acids is 3. The number of pyridine rings is 1. The van der Waals surface area contributed by atoms with Crippen LogP contribution in [0, 0.1) is 0 Å². The highest BCUT2D eigenvalue weighted by Crippen LogP contribution is 2.28. The molecule has 1 aromatic heterocycles. The molecule has 4 aromatic rings. The molecule has 0 saturated carbocycles. The van der Waals surface area contributed by atoms with Crippen LogP contribution in [0.5, 0.6) is 5.75 Å². The Morgan fingerprint density at radius 3 is 2.06 bits per heavy atom. The lowest BCUT2D eigenvalue weighted by atomic mass is 10.1. The van der Waals surface area contributed by atoms with E-state index in [1.807, 2.05) is 24.3 Å². The smallest absolute Gasteiger partial charge is 0.265 e. The largest absolute Gasteiger partial charge is 0.480 e. The summed E-state index contributed by atoms with van der Waals surface area (Å²) in [7, 11) is 0. The number of benzene rings is 3. The predicted molar refractivity (Wildman–Crippen MR) is 136 cm³/mol. The van der Waals surface area contributed by atoms with Gasteiger partial charge in [0.1, 0.15) is 5.75 Å². The van der Waals surface area contributed by atoms with E-state index >= 15 is 0 Å². The highest BCUT2D eigenvalue weighted by molar-refractivity contribution is 6.07. The van der Waals surface area contributed by atoms with Crippen LogP contribution < -0.4 is 20.7 Å². The molecule has 5 rings (SSSR count). The zero-order chi connectivity index (χ0) is 24.9. The van der Waals surface area contributed by atoms with Gasteiger partial charge in [0, 0.05) is 47.0 Å². The van der Waals surface area contributed by atoms with Gasteiger partial charge in [-0.15, -0.1) is 0 Å². The van der Waals surface area contributed by atoms with Gasteiger partial charge < -0.3 is 20.7 Å². The Morgan fingerprint density at radius 2 is 1.33 bits per heavy atom. The monoisotopic (exact) mass is 478 g/mol. The number of ether oxygens (including phenoxy) is 1. The molecule has 3 aromatic carbocycles. The van der Waals surface area contributed by atoms with Gasteiger partial charge in [-0.25, -0.2) is 0 Å². The lowest BCUT2D eigenvalue weighted by Crippen LogP contribution is -2.31. The summed E-state index contributed by atoms with van der Waals surface area (Å²) in [5, 5.41) is 8.45. The van der Waals surface area contributed by atoms with Gasteiger partial charge in [-0.05, 0) is 60.2 Å². The molecule has 0 bridgehead atoms. The highest BCUT2D eigenvalue weighted by Gasteiger charge is 2.28. The first-order valence-electron chi connectivity index (χ1n) is 11.3. The summed E-state index contributed by atoms with van der Waals surface area (Å²) in [6.07, 6.45) is 2.96. The minimum atomic E-state index is -0.620. The molecule has 178 valence electrons. The van der Waals surface area contributed by atoms with E-state index in [2.05, 4.69) is 20.9 Å². The van der Waals surface area contributed by atoms with Gasteiger partial charge in [-0.1, -0.05) is 30.3 Å². The van der Waals surface area contributed by atoms with Crippen molar-refractivity contribution in [2.45, 2.75) is 12.5 Å². The third-order valence-corrected chi connectivity index (χ3v) is 5.65. The van der Waals surface area contributed by atoms with Gasteiger partial charge in [0.2, 0.25) is 0 Å². The maximum atomic E-state index is 12.9. The molecule has 0 fully saturated rings. The van der Waals surface area contributed by atoms with Gasteiger partial charge in [0.05, 0.1) is 0 Å². The highest BCUT2D eigenvalue weighted by atomic mass is 16.5. The molecule has 1 unspecified atom stereocenters. The number of amides is 3. The van der Waals surface area contributed by atoms with E-state index in [1.165, 1.54) is 0 Å². The fourth-order valence-corrected chi connectivity index (χ4v) is 3.87. The van der Waals surface area contributed by atoms with Crippen LogP contribution in [0.4, 0.5) is 17.1 Å². The van der Waals surface area contributed by atoms with E-state index in [0.29, 0.717) is 40.4 Å². The summed E-state index contributed by atoms with van der Waals surface area (Å²) in [5.41, 5.74) is 3.38. The second-order valence-electron chi connectivity index (χ2n) is 8.21. The summed E-state index contributed by atoms with van der Waals surface area (Å²) in [6.45, 7) is 0. The van der Waals surface area contributed by atoms with Gasteiger partial charge in [-0.2, -0.15) is 0 Å². The van der Waals surface area contributed by atoms with E-state index in [0.717, 1.165) is 5.56 Å². The van der Waals surface area contributed by atoms with E-state index < -0.39 is 6.10 Å². The van der Waals surface area contributed by atoms with Crippen LogP contribution in [0.2, 0.25) is 0 Å². The zero-order valence-corrected chi connectivity index (χ0v) is 19.1. The summed E-state index contributed by atoms with van der Waals surface area (Å²) >= 11 is 0. The number of nitrogens with zero attached hydrogens (tertiary/aromatic N) is 1. The molecule has 36 heavy (non-hydrogen) atoms. The van der Waals surface area contributed by atoms with E-state index in [1.54, 1.807) is 73.1 Å². The van der Waals surface area contributed by atoms with Gasteiger partial charge in [-0.3, -0.25) is 19.4 Å². The van der Waals surface area contributed by atoms with Crippen LogP contribution in [0.1, 0.15) is 26.3 Å². The first kappa shape index (κ1) is 22.8. The van der Waals surface area contributed by atoms with Crippen LogP contribution in [-0.4, -0.2) is 28.8 Å². The lowest BCUT2D eigenvalue weighted by Gasteiger charge is -2.13. The molecule has 0 radical (unpaired) electrons. The first-order valence-corrected chi connectivity index (χ1v) is 11.3. The molecule has 2 heterocycles. The van der Waals surface area contributed by atoms with Crippen molar-refractivity contribution in [3.63, 3.8) is 0 Å². The van der Waals surface area contributed by atoms with Gasteiger partial charge >= 0.3 is 0 Å². The second kappa shape index (κ2) is 10.1. The van der Waals surface area contributed by atoms with E-state index in [-0.39, 0.29) is 17.7 Å². The normalized spacial score (nSPS) is 13.7. The number of rotatable bonds is 6.